The molecule has 24 heavy (non-hydrogen) atoms. The number of rotatable bonds is 6. The smallest absolute Gasteiger partial charge is 0.276 e. The van der Waals surface area contributed by atoms with Gasteiger partial charge in [0.1, 0.15) is 5.75 Å². The summed E-state index contributed by atoms with van der Waals surface area (Å²) in [5, 5.41) is 8.91. The molecule has 0 radical (unpaired) electrons. The average Bonchev–Trinajstić information content (AvgIpc) is 3.04. The van der Waals surface area contributed by atoms with Crippen LogP contribution in [-0.4, -0.2) is 23.1 Å². The number of aromatic nitrogens is 2. The Labute approximate surface area is 146 Å². The maximum Gasteiger partial charge on any atom is 0.276 e. The Morgan fingerprint density at radius 1 is 1.00 bits per heavy atom. The fraction of sp³-hybridized carbons (Fsp3) is 0.263. The van der Waals surface area contributed by atoms with E-state index in [1.165, 1.54) is 16.7 Å². The second-order valence-corrected chi connectivity index (χ2v) is 6.74. The third kappa shape index (κ3) is 4.17. The van der Waals surface area contributed by atoms with Crippen LogP contribution in [0.25, 0.3) is 11.5 Å². The molecule has 0 bridgehead atoms. The van der Waals surface area contributed by atoms with Crippen LogP contribution in [-0.2, 0) is 6.42 Å². The summed E-state index contributed by atoms with van der Waals surface area (Å²) in [6.07, 6.45) is 0.940. The second kappa shape index (κ2) is 7.53. The summed E-state index contributed by atoms with van der Waals surface area (Å²) in [6.45, 7) is 4.13. The standard InChI is InChI=1S/C19H20N2O2S/c1-13-10-14(2)12-16(11-13)18-20-21-19(23-18)24-9-8-15-4-6-17(22-3)7-5-15/h4-7,10-12H,8-9H2,1-3H3. The van der Waals surface area contributed by atoms with Crippen molar-refractivity contribution in [2.24, 2.45) is 0 Å². The fourth-order valence-corrected chi connectivity index (χ4v) is 3.28. The Balaban J connectivity index is 1.59. The van der Waals surface area contributed by atoms with E-state index in [9.17, 15) is 0 Å². The Hall–Kier alpha value is -2.27. The van der Waals surface area contributed by atoms with Gasteiger partial charge in [-0.2, -0.15) is 0 Å². The number of ether oxygens (including phenoxy) is 1. The molecule has 0 spiro atoms. The molecule has 0 saturated carbocycles. The third-order valence-electron chi connectivity index (χ3n) is 3.65. The first-order chi connectivity index (χ1) is 11.6. The minimum atomic E-state index is 0.578. The molecule has 0 aliphatic heterocycles. The molecule has 1 heterocycles. The van der Waals surface area contributed by atoms with Crippen LogP contribution in [0.1, 0.15) is 16.7 Å². The van der Waals surface area contributed by atoms with E-state index in [-0.39, 0.29) is 0 Å². The van der Waals surface area contributed by atoms with E-state index in [0.29, 0.717) is 11.1 Å². The van der Waals surface area contributed by atoms with E-state index < -0.39 is 0 Å². The lowest BCUT2D eigenvalue weighted by molar-refractivity contribution is 0.414. The van der Waals surface area contributed by atoms with Crippen molar-refractivity contribution in [3.05, 3.63) is 59.2 Å². The maximum atomic E-state index is 5.77. The van der Waals surface area contributed by atoms with Crippen molar-refractivity contribution < 1.29 is 9.15 Å². The Bertz CT molecular complexity index is 792. The van der Waals surface area contributed by atoms with Crippen LogP contribution < -0.4 is 4.74 Å². The van der Waals surface area contributed by atoms with Crippen molar-refractivity contribution in [2.75, 3.05) is 12.9 Å². The molecular weight excluding hydrogens is 320 g/mol. The minimum absolute atomic E-state index is 0.578. The van der Waals surface area contributed by atoms with Gasteiger partial charge in [0.25, 0.3) is 5.22 Å². The van der Waals surface area contributed by atoms with E-state index in [2.05, 4.69) is 54.4 Å². The molecule has 0 fully saturated rings. The van der Waals surface area contributed by atoms with Crippen molar-refractivity contribution in [1.29, 1.82) is 0 Å². The van der Waals surface area contributed by atoms with Gasteiger partial charge in [0.15, 0.2) is 0 Å². The Morgan fingerprint density at radius 2 is 1.71 bits per heavy atom. The number of hydrogen-bond donors (Lipinski definition) is 0. The summed E-state index contributed by atoms with van der Waals surface area (Å²) in [6, 6.07) is 14.4. The summed E-state index contributed by atoms with van der Waals surface area (Å²) in [4.78, 5) is 0. The lowest BCUT2D eigenvalue weighted by atomic mass is 10.1. The highest BCUT2D eigenvalue weighted by molar-refractivity contribution is 7.99. The number of hydrogen-bond acceptors (Lipinski definition) is 5. The second-order valence-electron chi connectivity index (χ2n) is 5.70. The van der Waals surface area contributed by atoms with Gasteiger partial charge in [0, 0.05) is 11.3 Å². The van der Waals surface area contributed by atoms with Crippen molar-refractivity contribution in [1.82, 2.24) is 10.2 Å². The summed E-state index contributed by atoms with van der Waals surface area (Å²) in [5.41, 5.74) is 4.62. The van der Waals surface area contributed by atoms with Crippen LogP contribution in [0.2, 0.25) is 0 Å². The van der Waals surface area contributed by atoms with Crippen molar-refractivity contribution >= 4 is 11.8 Å². The van der Waals surface area contributed by atoms with Gasteiger partial charge in [0.05, 0.1) is 7.11 Å². The minimum Gasteiger partial charge on any atom is -0.497 e. The number of aryl methyl sites for hydroxylation is 3. The van der Waals surface area contributed by atoms with Crippen LogP contribution in [0.15, 0.2) is 52.1 Å². The Morgan fingerprint density at radius 3 is 2.38 bits per heavy atom. The number of benzene rings is 2. The third-order valence-corrected chi connectivity index (χ3v) is 4.47. The van der Waals surface area contributed by atoms with Gasteiger partial charge in [-0.15, -0.1) is 10.2 Å². The zero-order chi connectivity index (χ0) is 16.9. The molecule has 0 aliphatic rings. The quantitative estimate of drug-likeness (QED) is 0.609. The van der Waals surface area contributed by atoms with Gasteiger partial charge in [-0.1, -0.05) is 41.1 Å². The molecule has 0 amide bonds. The summed E-state index contributed by atoms with van der Waals surface area (Å²) in [5.74, 6) is 2.34. The molecule has 0 aliphatic carbocycles. The van der Waals surface area contributed by atoms with Crippen molar-refractivity contribution in [3.8, 4) is 17.2 Å². The molecule has 0 unspecified atom stereocenters. The predicted octanol–water partition coefficient (Wildman–Crippen LogP) is 4.70. The van der Waals surface area contributed by atoms with E-state index in [1.54, 1.807) is 18.9 Å². The highest BCUT2D eigenvalue weighted by atomic mass is 32.2. The normalized spacial score (nSPS) is 10.8. The van der Waals surface area contributed by atoms with Crippen molar-refractivity contribution in [2.45, 2.75) is 25.5 Å². The van der Waals surface area contributed by atoms with Crippen LogP contribution in [0.4, 0.5) is 0 Å². The molecule has 1 aromatic heterocycles. The molecular formula is C19H20N2O2S. The zero-order valence-corrected chi connectivity index (χ0v) is 14.9. The lowest BCUT2D eigenvalue weighted by Gasteiger charge is -2.02. The molecule has 0 saturated heterocycles. The van der Waals surface area contributed by atoms with Crippen LogP contribution in [0.5, 0.6) is 5.75 Å². The van der Waals surface area contributed by atoms with E-state index in [0.717, 1.165) is 23.5 Å². The largest absolute Gasteiger partial charge is 0.497 e. The topological polar surface area (TPSA) is 48.2 Å². The molecule has 5 heteroatoms. The van der Waals surface area contributed by atoms with Crippen LogP contribution in [0.3, 0.4) is 0 Å². The first-order valence-electron chi connectivity index (χ1n) is 7.82. The summed E-state index contributed by atoms with van der Waals surface area (Å²) in [7, 11) is 1.67. The van der Waals surface area contributed by atoms with Crippen LogP contribution >= 0.6 is 11.8 Å². The summed E-state index contributed by atoms with van der Waals surface area (Å²) >= 11 is 1.58. The van der Waals surface area contributed by atoms with Gasteiger partial charge in [0.2, 0.25) is 5.89 Å². The molecule has 124 valence electrons. The highest BCUT2D eigenvalue weighted by Crippen LogP contribution is 2.25. The van der Waals surface area contributed by atoms with Crippen molar-refractivity contribution in [3.63, 3.8) is 0 Å². The van der Waals surface area contributed by atoms with Gasteiger partial charge < -0.3 is 9.15 Å². The number of methoxy groups -OCH3 is 1. The SMILES string of the molecule is COc1ccc(CCSc2nnc(-c3cc(C)cc(C)c3)o2)cc1. The number of nitrogens with zero attached hydrogens (tertiary/aromatic N) is 2. The predicted molar refractivity (Wildman–Crippen MR) is 96.6 cm³/mol. The molecule has 0 N–H and O–H groups in total. The molecule has 0 atom stereocenters. The molecule has 2 aromatic carbocycles. The fourth-order valence-electron chi connectivity index (χ4n) is 2.53. The van der Waals surface area contributed by atoms with E-state index >= 15 is 0 Å². The monoisotopic (exact) mass is 340 g/mol. The van der Waals surface area contributed by atoms with E-state index in [4.69, 9.17) is 9.15 Å². The molecule has 3 aromatic rings. The highest BCUT2D eigenvalue weighted by Gasteiger charge is 2.10. The van der Waals surface area contributed by atoms with Gasteiger partial charge >= 0.3 is 0 Å². The lowest BCUT2D eigenvalue weighted by Crippen LogP contribution is -1.89. The summed E-state index contributed by atoms with van der Waals surface area (Å²) < 4.78 is 10.9. The Kier molecular flexibility index (Phi) is 5.20. The molecule has 4 nitrogen and oxygen atoms in total. The average molecular weight is 340 g/mol. The first kappa shape index (κ1) is 16.6. The van der Waals surface area contributed by atoms with E-state index in [1.807, 2.05) is 12.1 Å². The van der Waals surface area contributed by atoms with Gasteiger partial charge in [-0.25, -0.2) is 0 Å². The molecule has 3 rings (SSSR count). The van der Waals surface area contributed by atoms with Crippen LogP contribution in [0, 0.1) is 13.8 Å². The number of thioether (sulfide) groups is 1. The van der Waals surface area contributed by atoms with Gasteiger partial charge in [-0.05, 0) is 50.1 Å². The maximum absolute atomic E-state index is 5.77. The zero-order valence-electron chi connectivity index (χ0n) is 14.1. The van der Waals surface area contributed by atoms with Gasteiger partial charge in [-0.3, -0.25) is 0 Å². The first-order valence-corrected chi connectivity index (χ1v) is 8.80.